The fraction of sp³-hybridized carbons (Fsp3) is 0.348. The molecule has 0 bridgehead atoms. The van der Waals surface area contributed by atoms with Gasteiger partial charge in [0.25, 0.3) is 0 Å². The number of carbonyl (C=O) groups excluding carboxylic acids is 2. The number of hydrogen-bond acceptors (Lipinski definition) is 7. The van der Waals surface area contributed by atoms with Crippen molar-refractivity contribution in [2.75, 3.05) is 21.3 Å². The predicted molar refractivity (Wildman–Crippen MR) is 117 cm³/mol. The van der Waals surface area contributed by atoms with Crippen LogP contribution in [-0.2, 0) is 4.79 Å². The molecule has 0 atom stereocenters. The lowest BCUT2D eigenvalue weighted by Crippen LogP contribution is -2.16. The van der Waals surface area contributed by atoms with Crippen molar-refractivity contribution in [1.82, 2.24) is 5.43 Å². The van der Waals surface area contributed by atoms with Crippen LogP contribution in [-0.4, -0.2) is 39.4 Å². The van der Waals surface area contributed by atoms with Gasteiger partial charge in [0, 0.05) is 6.42 Å². The smallest absolute Gasteiger partial charge is 0.343 e. The molecule has 31 heavy (non-hydrogen) atoms. The van der Waals surface area contributed by atoms with Gasteiger partial charge in [-0.2, -0.15) is 5.10 Å². The number of benzene rings is 2. The minimum atomic E-state index is -0.569. The van der Waals surface area contributed by atoms with E-state index in [-0.39, 0.29) is 11.7 Å². The summed E-state index contributed by atoms with van der Waals surface area (Å²) >= 11 is 0. The second-order valence-electron chi connectivity index (χ2n) is 6.62. The van der Waals surface area contributed by atoms with Crippen LogP contribution in [0.15, 0.2) is 41.5 Å². The van der Waals surface area contributed by atoms with E-state index in [1.54, 1.807) is 30.3 Å². The molecule has 0 radical (unpaired) electrons. The number of hydrazone groups is 1. The quantitative estimate of drug-likeness (QED) is 0.191. The van der Waals surface area contributed by atoms with E-state index >= 15 is 0 Å². The molecule has 166 valence electrons. The van der Waals surface area contributed by atoms with Crippen LogP contribution in [0.4, 0.5) is 0 Å². The van der Waals surface area contributed by atoms with Crippen LogP contribution in [0.5, 0.6) is 23.0 Å². The van der Waals surface area contributed by atoms with Crippen molar-refractivity contribution in [3.63, 3.8) is 0 Å². The maximum Gasteiger partial charge on any atom is 0.343 e. The van der Waals surface area contributed by atoms with Gasteiger partial charge in [0.1, 0.15) is 0 Å². The minimum absolute atomic E-state index is 0.128. The average Bonchev–Trinajstić information content (AvgIpc) is 2.79. The third kappa shape index (κ3) is 7.02. The van der Waals surface area contributed by atoms with Crippen LogP contribution in [0.1, 0.15) is 48.5 Å². The Balaban J connectivity index is 2.05. The monoisotopic (exact) mass is 428 g/mol. The molecule has 1 N–H and O–H groups in total. The van der Waals surface area contributed by atoms with Crippen LogP contribution >= 0.6 is 0 Å². The number of nitrogens with zero attached hydrogens (tertiary/aromatic N) is 1. The molecule has 2 rings (SSSR count). The summed E-state index contributed by atoms with van der Waals surface area (Å²) in [4.78, 5) is 24.2. The first kappa shape index (κ1) is 23.7. The maximum atomic E-state index is 12.5. The summed E-state index contributed by atoms with van der Waals surface area (Å²) in [5.41, 5.74) is 3.48. The van der Waals surface area contributed by atoms with Gasteiger partial charge in [-0.05, 0) is 48.4 Å². The Kier molecular flexibility index (Phi) is 9.35. The second-order valence-corrected chi connectivity index (χ2v) is 6.62. The van der Waals surface area contributed by atoms with Gasteiger partial charge in [0.05, 0.1) is 33.1 Å². The number of hydrogen-bond donors (Lipinski definition) is 1. The largest absolute Gasteiger partial charge is 0.493 e. The Bertz CT molecular complexity index is 926. The Morgan fingerprint density at radius 1 is 0.903 bits per heavy atom. The molecular formula is C23H28N2O6. The van der Waals surface area contributed by atoms with Gasteiger partial charge in [-0.15, -0.1) is 0 Å². The number of rotatable bonds is 11. The number of nitrogens with one attached hydrogen (secondary N) is 1. The highest BCUT2D eigenvalue weighted by atomic mass is 16.6. The zero-order chi connectivity index (χ0) is 22.6. The van der Waals surface area contributed by atoms with Crippen molar-refractivity contribution >= 4 is 18.1 Å². The van der Waals surface area contributed by atoms with Gasteiger partial charge in [0.2, 0.25) is 5.91 Å². The summed E-state index contributed by atoms with van der Waals surface area (Å²) in [6.07, 6.45) is 4.85. The fourth-order valence-corrected chi connectivity index (χ4v) is 2.74. The van der Waals surface area contributed by atoms with Gasteiger partial charge in [0.15, 0.2) is 23.0 Å². The minimum Gasteiger partial charge on any atom is -0.493 e. The number of amides is 1. The van der Waals surface area contributed by atoms with Crippen molar-refractivity contribution in [1.29, 1.82) is 0 Å². The van der Waals surface area contributed by atoms with E-state index in [9.17, 15) is 9.59 Å². The Morgan fingerprint density at radius 3 is 2.26 bits per heavy atom. The first-order valence-electron chi connectivity index (χ1n) is 9.96. The number of methoxy groups -OCH3 is 3. The van der Waals surface area contributed by atoms with Crippen LogP contribution in [0.2, 0.25) is 0 Å². The third-order valence-electron chi connectivity index (χ3n) is 4.42. The third-order valence-corrected chi connectivity index (χ3v) is 4.42. The first-order valence-corrected chi connectivity index (χ1v) is 9.96. The van der Waals surface area contributed by atoms with Crippen molar-refractivity contribution in [3.8, 4) is 23.0 Å². The maximum absolute atomic E-state index is 12.5. The van der Waals surface area contributed by atoms with Gasteiger partial charge >= 0.3 is 5.97 Å². The van der Waals surface area contributed by atoms with Crippen LogP contribution in [0, 0.1) is 0 Å². The van der Waals surface area contributed by atoms with Crippen molar-refractivity contribution in [2.45, 2.75) is 32.6 Å². The second kappa shape index (κ2) is 12.2. The average molecular weight is 428 g/mol. The highest BCUT2D eigenvalue weighted by molar-refractivity contribution is 5.92. The molecule has 0 spiro atoms. The molecule has 1 amide bonds. The lowest BCUT2D eigenvalue weighted by Gasteiger charge is -2.11. The Labute approximate surface area is 182 Å². The molecule has 0 saturated carbocycles. The molecule has 0 heterocycles. The molecule has 8 heteroatoms. The van der Waals surface area contributed by atoms with Crippen molar-refractivity contribution in [3.05, 3.63) is 47.5 Å². The summed E-state index contributed by atoms with van der Waals surface area (Å²) in [6, 6.07) is 9.71. The molecule has 2 aromatic carbocycles. The molecule has 0 aliphatic heterocycles. The van der Waals surface area contributed by atoms with Gasteiger partial charge in [-0.3, -0.25) is 4.79 Å². The van der Waals surface area contributed by atoms with E-state index in [0.717, 1.165) is 19.3 Å². The van der Waals surface area contributed by atoms with Gasteiger partial charge in [-0.1, -0.05) is 19.8 Å². The normalized spacial score (nSPS) is 10.6. The van der Waals surface area contributed by atoms with E-state index in [4.69, 9.17) is 18.9 Å². The molecule has 0 unspecified atom stereocenters. The lowest BCUT2D eigenvalue weighted by atomic mass is 10.2. The van der Waals surface area contributed by atoms with Crippen LogP contribution < -0.4 is 24.4 Å². The molecular weight excluding hydrogens is 400 g/mol. The Morgan fingerprint density at radius 2 is 1.58 bits per heavy atom. The summed E-state index contributed by atoms with van der Waals surface area (Å²) in [7, 11) is 4.48. The summed E-state index contributed by atoms with van der Waals surface area (Å²) in [6.45, 7) is 2.08. The van der Waals surface area contributed by atoms with Crippen molar-refractivity contribution in [2.24, 2.45) is 5.10 Å². The summed E-state index contributed by atoms with van der Waals surface area (Å²) < 4.78 is 21.2. The molecule has 0 aromatic heterocycles. The zero-order valence-electron chi connectivity index (χ0n) is 18.3. The number of esters is 1. The highest BCUT2D eigenvalue weighted by Crippen LogP contribution is 2.31. The standard InChI is InChI=1S/C23H28N2O6/c1-5-6-7-8-22(26)25-24-15-16-9-11-19(20(13-16)29-3)31-23(27)17-10-12-18(28-2)21(14-17)30-4/h9-15H,5-8H2,1-4H3,(H,25,26). The zero-order valence-corrected chi connectivity index (χ0v) is 18.3. The van der Waals surface area contributed by atoms with E-state index in [0.29, 0.717) is 34.8 Å². The molecule has 0 aliphatic rings. The summed E-state index contributed by atoms with van der Waals surface area (Å²) in [5.74, 6) is 0.845. The highest BCUT2D eigenvalue weighted by Gasteiger charge is 2.15. The Hall–Kier alpha value is -3.55. The van der Waals surface area contributed by atoms with Crippen LogP contribution in [0.3, 0.4) is 0 Å². The fourth-order valence-electron chi connectivity index (χ4n) is 2.74. The SMILES string of the molecule is CCCCCC(=O)NN=Cc1ccc(OC(=O)c2ccc(OC)c(OC)c2)c(OC)c1. The predicted octanol–water partition coefficient (Wildman–Crippen LogP) is 3.96. The number of ether oxygens (including phenoxy) is 4. The number of carbonyl (C=O) groups is 2. The lowest BCUT2D eigenvalue weighted by molar-refractivity contribution is -0.121. The van der Waals surface area contributed by atoms with Crippen LogP contribution in [0.25, 0.3) is 0 Å². The molecule has 0 fully saturated rings. The van der Waals surface area contributed by atoms with Crippen molar-refractivity contribution < 1.29 is 28.5 Å². The molecule has 0 aliphatic carbocycles. The van der Waals surface area contributed by atoms with E-state index in [1.807, 2.05) is 0 Å². The molecule has 0 saturated heterocycles. The van der Waals surface area contributed by atoms with E-state index in [1.165, 1.54) is 33.6 Å². The number of unbranched alkanes of at least 4 members (excludes halogenated alkanes) is 2. The first-order chi connectivity index (χ1) is 15.0. The molecule has 8 nitrogen and oxygen atoms in total. The van der Waals surface area contributed by atoms with E-state index in [2.05, 4.69) is 17.5 Å². The summed E-state index contributed by atoms with van der Waals surface area (Å²) in [5, 5.41) is 3.96. The van der Waals surface area contributed by atoms with Gasteiger partial charge in [-0.25, -0.2) is 10.2 Å². The topological polar surface area (TPSA) is 95.5 Å². The van der Waals surface area contributed by atoms with E-state index < -0.39 is 5.97 Å². The van der Waals surface area contributed by atoms with Gasteiger partial charge < -0.3 is 18.9 Å². The molecule has 2 aromatic rings.